The second-order valence-electron chi connectivity index (χ2n) is 5.09. The number of aryl methyl sites for hydroxylation is 2. The van der Waals surface area contributed by atoms with Crippen LogP contribution in [0.2, 0.25) is 0 Å². The van der Waals surface area contributed by atoms with E-state index in [-0.39, 0.29) is 0 Å². The van der Waals surface area contributed by atoms with Crippen LogP contribution in [0.1, 0.15) is 75.6 Å². The molecule has 0 radical (unpaired) electrons. The maximum absolute atomic E-state index is 3.28. The quantitative estimate of drug-likeness (QED) is 0.494. The molecule has 0 saturated carbocycles. The summed E-state index contributed by atoms with van der Waals surface area (Å²) in [5.41, 5.74) is 1.46. The first-order valence-electron chi connectivity index (χ1n) is 7.34. The Labute approximate surface area is 109 Å². The van der Waals surface area contributed by atoms with E-state index >= 15 is 0 Å². The van der Waals surface area contributed by atoms with Crippen LogP contribution in [0.15, 0.2) is 6.20 Å². The smallest absolute Gasteiger partial charge is 0.0141 e. The van der Waals surface area contributed by atoms with E-state index in [1.807, 2.05) is 0 Å². The number of unbranched alkanes of at least 4 members (excludes halogenated alkanes) is 8. The molecule has 0 atom stereocenters. The van der Waals surface area contributed by atoms with E-state index < -0.39 is 0 Å². The fourth-order valence-electron chi connectivity index (χ4n) is 2.23. The Morgan fingerprint density at radius 3 is 2.06 bits per heavy atom. The second kappa shape index (κ2) is 9.71. The summed E-state index contributed by atoms with van der Waals surface area (Å²) in [7, 11) is 1.33. The van der Waals surface area contributed by atoms with Crippen molar-refractivity contribution in [3.8, 4) is 0 Å². The molecule has 0 saturated heterocycles. The Hall–Kier alpha value is -0.290. The van der Waals surface area contributed by atoms with Crippen LogP contribution in [0.5, 0.6) is 0 Å². The lowest BCUT2D eigenvalue weighted by atomic mass is 10.1. The highest BCUT2D eigenvalue weighted by Crippen LogP contribution is 2.20. The van der Waals surface area contributed by atoms with Gasteiger partial charge in [-0.05, 0) is 25.3 Å². The highest BCUT2D eigenvalue weighted by atomic mass is 31.0. The molecule has 0 bridgehead atoms. The first kappa shape index (κ1) is 14.8. The van der Waals surface area contributed by atoms with E-state index in [0.29, 0.717) is 0 Å². The summed E-state index contributed by atoms with van der Waals surface area (Å²) in [4.78, 5) is 0. The van der Waals surface area contributed by atoms with E-state index in [1.165, 1.54) is 78.1 Å². The van der Waals surface area contributed by atoms with E-state index in [4.69, 9.17) is 0 Å². The third-order valence-electron chi connectivity index (χ3n) is 3.45. The average Bonchev–Trinajstić information content (AvgIpc) is 2.73. The van der Waals surface area contributed by atoms with Crippen LogP contribution in [0.3, 0.4) is 0 Å². The van der Waals surface area contributed by atoms with Gasteiger partial charge in [0.25, 0.3) is 0 Å². The molecule has 0 fully saturated rings. The Morgan fingerprint density at radius 1 is 0.941 bits per heavy atom. The maximum Gasteiger partial charge on any atom is 0.0141 e. The highest BCUT2D eigenvalue weighted by Gasteiger charge is 1.99. The fourth-order valence-corrected chi connectivity index (χ4v) is 3.16. The first-order valence-corrected chi connectivity index (χ1v) is 8.23. The van der Waals surface area contributed by atoms with Crippen LogP contribution in [-0.2, 0) is 6.42 Å². The number of rotatable bonds is 10. The van der Waals surface area contributed by atoms with Crippen molar-refractivity contribution in [3.05, 3.63) is 17.1 Å². The van der Waals surface area contributed by atoms with Crippen LogP contribution in [0.4, 0.5) is 0 Å². The fraction of sp³-hybridized carbons (Fsp3) is 0.800. The average molecular weight is 253 g/mol. The van der Waals surface area contributed by atoms with Crippen LogP contribution >= 0.6 is 8.35 Å². The predicted octanol–water partition coefficient (Wildman–Crippen LogP) is 5.98. The van der Waals surface area contributed by atoms with Gasteiger partial charge in [-0.1, -0.05) is 58.3 Å². The molecule has 0 aliphatic heterocycles. The molecule has 0 amide bonds. The van der Waals surface area contributed by atoms with Crippen LogP contribution in [0, 0.1) is 6.92 Å². The van der Waals surface area contributed by atoms with Gasteiger partial charge in [0, 0.05) is 19.8 Å². The number of aromatic amines is 1. The first-order chi connectivity index (χ1) is 8.34. The van der Waals surface area contributed by atoms with Gasteiger partial charge in [-0.2, -0.15) is 0 Å². The van der Waals surface area contributed by atoms with Gasteiger partial charge in [-0.3, -0.25) is 0 Å². The van der Waals surface area contributed by atoms with Gasteiger partial charge >= 0.3 is 0 Å². The minimum atomic E-state index is 1.30. The minimum Gasteiger partial charge on any atom is -0.344 e. The van der Waals surface area contributed by atoms with Crippen molar-refractivity contribution < 1.29 is 0 Å². The largest absolute Gasteiger partial charge is 0.344 e. The minimum absolute atomic E-state index is 1.30. The number of aromatic nitrogens is 1. The van der Waals surface area contributed by atoms with Gasteiger partial charge in [-0.25, -0.2) is 0 Å². The summed E-state index contributed by atoms with van der Waals surface area (Å²) in [5.74, 6) is 0. The predicted molar refractivity (Wildman–Crippen MR) is 79.0 cm³/mol. The van der Waals surface area contributed by atoms with E-state index in [1.54, 1.807) is 5.30 Å². The summed E-state index contributed by atoms with van der Waals surface area (Å²) in [6, 6.07) is 0. The van der Waals surface area contributed by atoms with Gasteiger partial charge in [0.05, 0.1) is 0 Å². The maximum atomic E-state index is 3.28. The van der Waals surface area contributed by atoms with Crippen molar-refractivity contribution >= 4 is 8.35 Å². The number of hydrogen-bond donors (Lipinski definition) is 1. The molecule has 0 aliphatic rings. The SMILES string of the molecule is CCCCCCCCCCCc1p[nH]cc1C. The molecule has 2 heteroatoms. The van der Waals surface area contributed by atoms with Crippen molar-refractivity contribution in [1.29, 1.82) is 0 Å². The van der Waals surface area contributed by atoms with Crippen molar-refractivity contribution in [3.63, 3.8) is 0 Å². The molecule has 0 unspecified atom stereocenters. The zero-order valence-corrected chi connectivity index (χ0v) is 12.5. The molecule has 1 aromatic rings. The summed E-state index contributed by atoms with van der Waals surface area (Å²) in [5, 5.41) is 1.60. The van der Waals surface area contributed by atoms with Crippen molar-refractivity contribution in [1.82, 2.24) is 4.75 Å². The molecule has 1 aromatic heterocycles. The normalized spacial score (nSPS) is 11.4. The van der Waals surface area contributed by atoms with E-state index in [2.05, 4.69) is 24.8 Å². The molecule has 17 heavy (non-hydrogen) atoms. The van der Waals surface area contributed by atoms with Crippen LogP contribution in [-0.4, -0.2) is 4.75 Å². The van der Waals surface area contributed by atoms with Gasteiger partial charge in [0.1, 0.15) is 0 Å². The number of nitrogens with one attached hydrogen (secondary N) is 1. The van der Waals surface area contributed by atoms with Crippen molar-refractivity contribution in [2.75, 3.05) is 0 Å². The molecule has 1 heterocycles. The summed E-state index contributed by atoms with van der Waals surface area (Å²) < 4.78 is 3.28. The van der Waals surface area contributed by atoms with Crippen molar-refractivity contribution in [2.24, 2.45) is 0 Å². The van der Waals surface area contributed by atoms with Crippen molar-refractivity contribution in [2.45, 2.75) is 78.1 Å². The standard InChI is InChI=1S/C15H28NP/c1-3-4-5-6-7-8-9-10-11-12-15-14(2)13-16-17-15/h13,16H,3-12H2,1-2H3. The molecule has 0 aromatic carbocycles. The molecule has 0 aliphatic carbocycles. The van der Waals surface area contributed by atoms with Gasteiger partial charge < -0.3 is 4.75 Å². The molecule has 0 spiro atoms. The van der Waals surface area contributed by atoms with Gasteiger partial charge in [0.15, 0.2) is 0 Å². The van der Waals surface area contributed by atoms with Crippen LogP contribution < -0.4 is 0 Å². The molecular weight excluding hydrogens is 225 g/mol. The molecule has 1 rings (SSSR count). The molecule has 1 N–H and O–H groups in total. The second-order valence-corrected chi connectivity index (χ2v) is 6.12. The zero-order chi connectivity index (χ0) is 12.3. The van der Waals surface area contributed by atoms with Gasteiger partial charge in [0.2, 0.25) is 0 Å². The lowest BCUT2D eigenvalue weighted by Gasteiger charge is -2.02. The monoisotopic (exact) mass is 253 g/mol. The number of hydrogen-bond acceptors (Lipinski definition) is 0. The Bertz CT molecular complexity index is 280. The summed E-state index contributed by atoms with van der Waals surface area (Å²) in [6.07, 6.45) is 16.3. The molecular formula is C15H28NP. The topological polar surface area (TPSA) is 15.8 Å². The van der Waals surface area contributed by atoms with Crippen LogP contribution in [0.25, 0.3) is 0 Å². The Balaban J connectivity index is 1.86. The molecule has 1 nitrogen and oxygen atoms in total. The summed E-state index contributed by atoms with van der Waals surface area (Å²) in [6.45, 7) is 4.50. The molecule has 98 valence electrons. The van der Waals surface area contributed by atoms with E-state index in [0.717, 1.165) is 0 Å². The third-order valence-corrected chi connectivity index (χ3v) is 4.56. The lowest BCUT2D eigenvalue weighted by molar-refractivity contribution is 0.565. The Kier molecular flexibility index (Phi) is 8.44. The third kappa shape index (κ3) is 6.88. The van der Waals surface area contributed by atoms with Gasteiger partial charge in [-0.15, -0.1) is 0 Å². The highest BCUT2D eigenvalue weighted by molar-refractivity contribution is 7.26. The zero-order valence-electron chi connectivity index (χ0n) is 11.6. The lowest BCUT2D eigenvalue weighted by Crippen LogP contribution is -1.85. The number of H-pyrrole nitrogens is 1. The van der Waals surface area contributed by atoms with E-state index in [9.17, 15) is 0 Å². The Morgan fingerprint density at radius 2 is 1.53 bits per heavy atom. The summed E-state index contributed by atoms with van der Waals surface area (Å²) >= 11 is 0.